The molecule has 2 amide bonds. The third-order valence-corrected chi connectivity index (χ3v) is 2.40. The quantitative estimate of drug-likeness (QED) is 0.741. The second kappa shape index (κ2) is 6.06. The summed E-state index contributed by atoms with van der Waals surface area (Å²) in [5.74, 6) is -1.62. The van der Waals surface area contributed by atoms with E-state index in [0.29, 0.717) is 4.90 Å². The molecule has 0 atom stereocenters. The van der Waals surface area contributed by atoms with Crippen molar-refractivity contribution in [3.8, 4) is 0 Å². The molecule has 0 spiro atoms. The molecule has 0 saturated carbocycles. The van der Waals surface area contributed by atoms with Gasteiger partial charge in [-0.05, 0) is 39.0 Å². The number of carbonyl (C=O) groups excluding carboxylic acids is 2. The van der Waals surface area contributed by atoms with Crippen molar-refractivity contribution in [1.29, 1.82) is 0 Å². The van der Waals surface area contributed by atoms with Gasteiger partial charge < -0.3 is 10.6 Å². The number of nitrogens with one attached hydrogen (secondary N) is 2. The zero-order valence-electron chi connectivity index (χ0n) is 11.1. The zero-order chi connectivity index (χ0) is 14.6. The molecular weight excluding hydrogens is 267 g/mol. The van der Waals surface area contributed by atoms with Gasteiger partial charge in [0.05, 0.1) is 12.1 Å². The second-order valence-electron chi connectivity index (χ2n) is 5.15. The number of hydrogen-bond donors (Lipinski definition) is 3. The Kier molecular flexibility index (Phi) is 4.94. The number of hydrogen-bond acceptors (Lipinski definition) is 3. The van der Waals surface area contributed by atoms with Crippen LogP contribution < -0.4 is 10.6 Å². The van der Waals surface area contributed by atoms with E-state index in [1.165, 1.54) is 12.1 Å². The Morgan fingerprint density at radius 2 is 1.95 bits per heavy atom. The monoisotopic (exact) mass is 284 g/mol. The van der Waals surface area contributed by atoms with Crippen molar-refractivity contribution in [2.45, 2.75) is 31.2 Å². The van der Waals surface area contributed by atoms with E-state index >= 15 is 0 Å². The van der Waals surface area contributed by atoms with Gasteiger partial charge in [0.15, 0.2) is 0 Å². The van der Waals surface area contributed by atoms with Gasteiger partial charge in [-0.1, -0.05) is 0 Å². The highest BCUT2D eigenvalue weighted by atomic mass is 32.1. The molecule has 0 aliphatic heterocycles. The van der Waals surface area contributed by atoms with Crippen molar-refractivity contribution in [3.63, 3.8) is 0 Å². The van der Waals surface area contributed by atoms with Gasteiger partial charge in [-0.3, -0.25) is 9.59 Å². The molecule has 0 radical (unpaired) electrons. The van der Waals surface area contributed by atoms with Gasteiger partial charge in [-0.2, -0.15) is 0 Å². The first kappa shape index (κ1) is 15.5. The first-order valence-electron chi connectivity index (χ1n) is 5.77. The summed E-state index contributed by atoms with van der Waals surface area (Å²) in [5.41, 5.74) is -0.506. The molecule has 19 heavy (non-hydrogen) atoms. The van der Waals surface area contributed by atoms with Gasteiger partial charge in [0.2, 0.25) is 5.91 Å². The molecule has 0 saturated heterocycles. The molecule has 1 aromatic rings. The maximum atomic E-state index is 13.4. The van der Waals surface area contributed by atoms with Gasteiger partial charge in [0.25, 0.3) is 5.91 Å². The fourth-order valence-corrected chi connectivity index (χ4v) is 1.61. The van der Waals surface area contributed by atoms with Crippen LogP contribution in [0.2, 0.25) is 0 Å². The topological polar surface area (TPSA) is 58.2 Å². The summed E-state index contributed by atoms with van der Waals surface area (Å²) < 4.78 is 13.4. The van der Waals surface area contributed by atoms with Gasteiger partial charge in [0.1, 0.15) is 5.82 Å². The molecule has 1 rings (SSSR count). The van der Waals surface area contributed by atoms with E-state index in [4.69, 9.17) is 0 Å². The standard InChI is InChI=1S/C13H17FN2O2S/c1-13(2,3)16-11(17)7-15-12(18)9-6-8(19)4-5-10(9)14/h4-6,19H,7H2,1-3H3,(H,15,18)(H,16,17). The van der Waals surface area contributed by atoms with Crippen LogP contribution in [0.25, 0.3) is 0 Å². The Balaban J connectivity index is 2.61. The van der Waals surface area contributed by atoms with Gasteiger partial charge in [0, 0.05) is 10.4 Å². The maximum Gasteiger partial charge on any atom is 0.254 e. The summed E-state index contributed by atoms with van der Waals surface area (Å²) in [7, 11) is 0. The molecule has 0 bridgehead atoms. The normalized spacial score (nSPS) is 11.0. The van der Waals surface area contributed by atoms with Gasteiger partial charge in [-0.15, -0.1) is 12.6 Å². The van der Waals surface area contributed by atoms with Crippen LogP contribution in [0.1, 0.15) is 31.1 Å². The summed E-state index contributed by atoms with van der Waals surface area (Å²) in [6.07, 6.45) is 0. The summed E-state index contributed by atoms with van der Waals surface area (Å²) in [5, 5.41) is 5.05. The molecule has 4 nitrogen and oxygen atoms in total. The molecule has 6 heteroatoms. The number of thiol groups is 1. The van der Waals surface area contributed by atoms with Crippen molar-refractivity contribution in [1.82, 2.24) is 10.6 Å². The summed E-state index contributed by atoms with van der Waals surface area (Å²) in [6, 6.07) is 3.92. The lowest BCUT2D eigenvalue weighted by Crippen LogP contribution is -2.45. The van der Waals surface area contributed by atoms with Gasteiger partial charge in [-0.25, -0.2) is 4.39 Å². The minimum absolute atomic E-state index is 0.129. The van der Waals surface area contributed by atoms with Crippen LogP contribution in [0.15, 0.2) is 23.1 Å². The minimum atomic E-state index is -0.647. The average molecular weight is 284 g/mol. The molecule has 0 fully saturated rings. The predicted octanol–water partition coefficient (Wildman–Crippen LogP) is 1.76. The number of rotatable bonds is 3. The summed E-state index contributed by atoms with van der Waals surface area (Å²) in [6.45, 7) is 5.29. The molecule has 104 valence electrons. The molecule has 0 aliphatic rings. The van der Waals surface area contributed by atoms with Crippen molar-refractivity contribution < 1.29 is 14.0 Å². The van der Waals surface area contributed by atoms with E-state index in [1.54, 1.807) is 0 Å². The highest BCUT2D eigenvalue weighted by molar-refractivity contribution is 7.80. The maximum absolute atomic E-state index is 13.4. The molecule has 0 unspecified atom stereocenters. The van der Waals surface area contributed by atoms with Crippen LogP contribution in [-0.2, 0) is 4.79 Å². The fraction of sp³-hybridized carbons (Fsp3) is 0.385. The van der Waals surface area contributed by atoms with Crippen LogP contribution in [-0.4, -0.2) is 23.9 Å². The Morgan fingerprint density at radius 1 is 1.32 bits per heavy atom. The van der Waals surface area contributed by atoms with Crippen LogP contribution in [0, 0.1) is 5.82 Å². The van der Waals surface area contributed by atoms with Crippen molar-refractivity contribution in [2.75, 3.05) is 6.54 Å². The molecule has 0 aromatic heterocycles. The Hall–Kier alpha value is -1.56. The molecule has 0 aliphatic carbocycles. The number of benzene rings is 1. The SMILES string of the molecule is CC(C)(C)NC(=O)CNC(=O)c1cc(S)ccc1F. The predicted molar refractivity (Wildman–Crippen MR) is 73.9 cm³/mol. The van der Waals surface area contributed by atoms with Crippen molar-refractivity contribution in [2.24, 2.45) is 0 Å². The second-order valence-corrected chi connectivity index (χ2v) is 5.66. The molecular formula is C13H17FN2O2S. The third-order valence-electron chi connectivity index (χ3n) is 2.12. The minimum Gasteiger partial charge on any atom is -0.350 e. The Morgan fingerprint density at radius 3 is 2.53 bits per heavy atom. The van der Waals surface area contributed by atoms with E-state index in [1.807, 2.05) is 20.8 Å². The first-order chi connectivity index (χ1) is 8.69. The van der Waals surface area contributed by atoms with Gasteiger partial charge >= 0.3 is 0 Å². The first-order valence-corrected chi connectivity index (χ1v) is 6.21. The Labute approximate surface area is 117 Å². The van der Waals surface area contributed by atoms with E-state index < -0.39 is 11.7 Å². The highest BCUT2D eigenvalue weighted by Crippen LogP contribution is 2.13. The van der Waals surface area contributed by atoms with Crippen LogP contribution >= 0.6 is 12.6 Å². The summed E-state index contributed by atoms with van der Waals surface area (Å²) >= 11 is 4.03. The van der Waals surface area contributed by atoms with Crippen LogP contribution in [0.3, 0.4) is 0 Å². The van der Waals surface area contributed by atoms with E-state index in [2.05, 4.69) is 23.3 Å². The smallest absolute Gasteiger partial charge is 0.254 e. The Bertz CT molecular complexity index is 498. The van der Waals surface area contributed by atoms with E-state index in [0.717, 1.165) is 6.07 Å². The van der Waals surface area contributed by atoms with Crippen LogP contribution in [0.5, 0.6) is 0 Å². The van der Waals surface area contributed by atoms with E-state index in [-0.39, 0.29) is 23.6 Å². The van der Waals surface area contributed by atoms with Crippen molar-refractivity contribution >= 4 is 24.4 Å². The lowest BCUT2D eigenvalue weighted by molar-refractivity contribution is -0.121. The average Bonchev–Trinajstić information content (AvgIpc) is 2.27. The number of carbonyl (C=O) groups is 2. The fourth-order valence-electron chi connectivity index (χ4n) is 1.41. The third kappa shape index (κ3) is 5.30. The van der Waals surface area contributed by atoms with E-state index in [9.17, 15) is 14.0 Å². The largest absolute Gasteiger partial charge is 0.350 e. The molecule has 0 heterocycles. The lowest BCUT2D eigenvalue weighted by atomic mass is 10.1. The molecule has 2 N–H and O–H groups in total. The van der Waals surface area contributed by atoms with Crippen molar-refractivity contribution in [3.05, 3.63) is 29.6 Å². The number of halogens is 1. The summed E-state index contributed by atoms with van der Waals surface area (Å²) in [4.78, 5) is 23.7. The lowest BCUT2D eigenvalue weighted by Gasteiger charge is -2.20. The number of amides is 2. The highest BCUT2D eigenvalue weighted by Gasteiger charge is 2.16. The zero-order valence-corrected chi connectivity index (χ0v) is 12.0. The molecule has 1 aromatic carbocycles. The van der Waals surface area contributed by atoms with Crippen LogP contribution in [0.4, 0.5) is 4.39 Å².